The maximum atomic E-state index is 12.7. The summed E-state index contributed by atoms with van der Waals surface area (Å²) >= 11 is 5.32. The van der Waals surface area contributed by atoms with E-state index in [4.69, 9.17) is 12.2 Å². The molecule has 0 aliphatic heterocycles. The molecule has 4 rings (SSSR count). The number of aromatic nitrogens is 3. The van der Waals surface area contributed by atoms with Crippen molar-refractivity contribution in [2.45, 2.75) is 26.9 Å². The molecule has 0 fully saturated rings. The predicted octanol–water partition coefficient (Wildman–Crippen LogP) is 4.79. The van der Waals surface area contributed by atoms with Crippen LogP contribution in [0.5, 0.6) is 0 Å². The summed E-state index contributed by atoms with van der Waals surface area (Å²) in [5.74, 6) is 0.236. The van der Waals surface area contributed by atoms with Crippen molar-refractivity contribution in [1.29, 1.82) is 0 Å². The summed E-state index contributed by atoms with van der Waals surface area (Å²) in [5, 5.41) is 12.9. The number of nitrogens with zero attached hydrogens (tertiary/aromatic N) is 2. The minimum atomic E-state index is -0.194. The Morgan fingerprint density at radius 3 is 2.35 bits per heavy atom. The lowest BCUT2D eigenvalue weighted by Gasteiger charge is -2.10. The number of aromatic amines is 1. The van der Waals surface area contributed by atoms with Gasteiger partial charge in [0.25, 0.3) is 5.91 Å². The molecule has 4 aromatic rings. The second-order valence-electron chi connectivity index (χ2n) is 8.10. The van der Waals surface area contributed by atoms with Crippen LogP contribution in [-0.2, 0) is 17.9 Å². The average Bonchev–Trinajstić information content (AvgIpc) is 3.19. The molecule has 0 aliphatic carbocycles. The van der Waals surface area contributed by atoms with E-state index in [-0.39, 0.29) is 18.4 Å². The molecule has 3 aromatic carbocycles. The summed E-state index contributed by atoms with van der Waals surface area (Å²) in [6.07, 6.45) is 0. The van der Waals surface area contributed by atoms with Gasteiger partial charge in [-0.25, -0.2) is 0 Å². The van der Waals surface area contributed by atoms with Crippen molar-refractivity contribution in [3.8, 4) is 11.4 Å². The van der Waals surface area contributed by atoms with E-state index in [0.717, 1.165) is 22.3 Å². The van der Waals surface area contributed by atoms with Crippen molar-refractivity contribution in [3.63, 3.8) is 0 Å². The number of benzene rings is 3. The van der Waals surface area contributed by atoms with E-state index >= 15 is 0 Å². The zero-order valence-corrected chi connectivity index (χ0v) is 19.8. The van der Waals surface area contributed by atoms with Gasteiger partial charge in [0.1, 0.15) is 6.54 Å². The van der Waals surface area contributed by atoms with Gasteiger partial charge in [-0.05, 0) is 55.9 Å². The van der Waals surface area contributed by atoms with Gasteiger partial charge >= 0.3 is 0 Å². The molecule has 0 saturated carbocycles. The molecular weight excluding hydrogens is 446 g/mol. The van der Waals surface area contributed by atoms with Crippen LogP contribution in [-0.4, -0.2) is 26.6 Å². The highest BCUT2D eigenvalue weighted by Gasteiger charge is 2.13. The highest BCUT2D eigenvalue weighted by Crippen LogP contribution is 2.18. The molecule has 0 atom stereocenters. The molecule has 0 saturated heterocycles. The molecule has 3 N–H and O–H groups in total. The van der Waals surface area contributed by atoms with Gasteiger partial charge in [-0.1, -0.05) is 59.7 Å². The lowest BCUT2D eigenvalue weighted by atomic mass is 10.1. The van der Waals surface area contributed by atoms with Crippen LogP contribution >= 0.6 is 12.2 Å². The molecule has 0 unspecified atom stereocenters. The number of hydrogen-bond acceptors (Lipinski definition) is 4. The zero-order chi connectivity index (χ0) is 24.1. The fourth-order valence-electron chi connectivity index (χ4n) is 3.45. The van der Waals surface area contributed by atoms with E-state index in [0.29, 0.717) is 28.4 Å². The van der Waals surface area contributed by atoms with E-state index in [1.54, 1.807) is 16.7 Å². The smallest absolute Gasteiger partial charge is 0.255 e. The number of aryl methyl sites for hydroxylation is 2. The lowest BCUT2D eigenvalue weighted by Crippen LogP contribution is -2.27. The lowest BCUT2D eigenvalue weighted by molar-refractivity contribution is -0.121. The van der Waals surface area contributed by atoms with Gasteiger partial charge in [-0.15, -0.1) is 0 Å². The van der Waals surface area contributed by atoms with Crippen molar-refractivity contribution in [3.05, 3.63) is 99.8 Å². The van der Waals surface area contributed by atoms with E-state index in [1.807, 2.05) is 74.5 Å². The largest absolute Gasteiger partial charge is 0.350 e. The molecule has 0 spiro atoms. The maximum absolute atomic E-state index is 12.7. The first-order valence-electron chi connectivity index (χ1n) is 10.8. The average molecular weight is 472 g/mol. The fourth-order valence-corrected chi connectivity index (χ4v) is 3.65. The summed E-state index contributed by atoms with van der Waals surface area (Å²) < 4.78 is 2.06. The normalized spacial score (nSPS) is 10.6. The Hall–Kier alpha value is -4.04. The monoisotopic (exact) mass is 471 g/mol. The Balaban J connectivity index is 1.38. The topological polar surface area (TPSA) is 91.8 Å². The summed E-state index contributed by atoms with van der Waals surface area (Å²) in [6, 6.07) is 22.6. The van der Waals surface area contributed by atoms with E-state index in [2.05, 4.69) is 20.8 Å². The van der Waals surface area contributed by atoms with Gasteiger partial charge < -0.3 is 10.6 Å². The van der Waals surface area contributed by atoms with Crippen LogP contribution in [0.15, 0.2) is 72.8 Å². The van der Waals surface area contributed by atoms with Crippen molar-refractivity contribution < 1.29 is 9.59 Å². The Bertz CT molecular complexity index is 1370. The van der Waals surface area contributed by atoms with Crippen LogP contribution in [0, 0.1) is 18.6 Å². The highest BCUT2D eigenvalue weighted by molar-refractivity contribution is 7.71. The molecule has 0 aliphatic rings. The number of amides is 2. The van der Waals surface area contributed by atoms with Gasteiger partial charge in [-0.3, -0.25) is 19.3 Å². The second-order valence-corrected chi connectivity index (χ2v) is 8.49. The van der Waals surface area contributed by atoms with Gasteiger partial charge in [-0.2, -0.15) is 5.10 Å². The minimum absolute atomic E-state index is 0.0440. The van der Waals surface area contributed by atoms with Crippen molar-refractivity contribution in [2.75, 3.05) is 5.32 Å². The van der Waals surface area contributed by atoms with E-state index < -0.39 is 0 Å². The van der Waals surface area contributed by atoms with Crippen LogP contribution in [0.4, 0.5) is 5.69 Å². The molecule has 0 bridgehead atoms. The third-order valence-electron chi connectivity index (χ3n) is 5.36. The molecule has 8 heteroatoms. The molecule has 1 heterocycles. The number of nitrogens with one attached hydrogen (secondary N) is 3. The summed E-state index contributed by atoms with van der Waals surface area (Å²) in [4.78, 5) is 25.1. The molecule has 1 aromatic heterocycles. The number of anilines is 1. The van der Waals surface area contributed by atoms with Gasteiger partial charge in [0, 0.05) is 23.4 Å². The third-order valence-corrected chi connectivity index (χ3v) is 5.67. The number of hydrogen-bond donors (Lipinski definition) is 3. The summed E-state index contributed by atoms with van der Waals surface area (Å²) in [5.41, 5.74) is 5.23. The van der Waals surface area contributed by atoms with Gasteiger partial charge in [0.15, 0.2) is 10.6 Å². The van der Waals surface area contributed by atoms with Crippen molar-refractivity contribution in [2.24, 2.45) is 0 Å². The summed E-state index contributed by atoms with van der Waals surface area (Å²) in [7, 11) is 0. The molecule has 7 nitrogen and oxygen atoms in total. The fraction of sp³-hybridized carbons (Fsp3) is 0.154. The predicted molar refractivity (Wildman–Crippen MR) is 135 cm³/mol. The third kappa shape index (κ3) is 5.65. The first-order chi connectivity index (χ1) is 16.4. The van der Waals surface area contributed by atoms with Crippen LogP contribution in [0.3, 0.4) is 0 Å². The number of carbonyl (C=O) groups excluding carboxylic acids is 2. The quantitative estimate of drug-likeness (QED) is 0.338. The number of H-pyrrole nitrogens is 1. The van der Waals surface area contributed by atoms with E-state index in [9.17, 15) is 9.59 Å². The first kappa shape index (κ1) is 23.1. The Kier molecular flexibility index (Phi) is 6.98. The van der Waals surface area contributed by atoms with Crippen LogP contribution in [0.1, 0.15) is 27.0 Å². The number of carbonyl (C=O) groups is 2. The Morgan fingerprint density at radius 1 is 0.971 bits per heavy atom. The van der Waals surface area contributed by atoms with E-state index in [1.165, 1.54) is 0 Å². The van der Waals surface area contributed by atoms with Crippen LogP contribution in [0.2, 0.25) is 0 Å². The van der Waals surface area contributed by atoms with Gasteiger partial charge in [0.2, 0.25) is 5.91 Å². The molecule has 0 radical (unpaired) electrons. The van der Waals surface area contributed by atoms with Gasteiger partial charge in [0.05, 0.1) is 0 Å². The van der Waals surface area contributed by atoms with Crippen LogP contribution in [0.25, 0.3) is 11.4 Å². The molecule has 34 heavy (non-hydrogen) atoms. The van der Waals surface area contributed by atoms with Crippen LogP contribution < -0.4 is 10.6 Å². The zero-order valence-electron chi connectivity index (χ0n) is 19.0. The Morgan fingerprint density at radius 2 is 1.65 bits per heavy atom. The second kappa shape index (κ2) is 10.3. The standard InChI is InChI=1S/C26H25N5O2S/c1-17-6-10-20(11-7-17)24-29-30-26(34)31(24)16-23(32)27-15-19-4-3-5-22(14-19)28-25(33)21-12-8-18(2)9-13-21/h3-14H,15-16H2,1-2H3,(H,27,32)(H,28,33)(H,30,34). The molecular formula is C26H25N5O2S. The highest BCUT2D eigenvalue weighted by atomic mass is 32.1. The van der Waals surface area contributed by atoms with Crippen molar-refractivity contribution >= 4 is 29.7 Å². The minimum Gasteiger partial charge on any atom is -0.350 e. The molecule has 2 amide bonds. The Labute approximate surface area is 202 Å². The number of rotatable bonds is 7. The maximum Gasteiger partial charge on any atom is 0.255 e. The first-order valence-corrected chi connectivity index (χ1v) is 11.3. The SMILES string of the molecule is Cc1ccc(C(=O)Nc2cccc(CNC(=O)Cn3c(-c4ccc(C)cc4)n[nH]c3=S)c2)cc1. The summed E-state index contributed by atoms with van der Waals surface area (Å²) in [6.45, 7) is 4.35. The van der Waals surface area contributed by atoms with Crippen molar-refractivity contribution in [1.82, 2.24) is 20.1 Å². The molecule has 172 valence electrons.